The maximum absolute atomic E-state index is 15.0. The van der Waals surface area contributed by atoms with Crippen molar-refractivity contribution in [1.29, 1.82) is 0 Å². The molecule has 6 nitrogen and oxygen atoms in total. The third-order valence-electron chi connectivity index (χ3n) is 6.26. The number of aromatic nitrogens is 2. The lowest BCUT2D eigenvalue weighted by atomic mass is 9.94. The zero-order valence-electron chi connectivity index (χ0n) is 14.8. The molecule has 138 valence electrons. The monoisotopic (exact) mass is 358 g/mol. The van der Waals surface area contributed by atoms with E-state index in [0.29, 0.717) is 34.3 Å². The molecule has 4 heterocycles. The standard InChI is InChI=1S/C19H23FN4O2/c1-10-16(23-7-12-3-2-6-21-14(12)9-23)13(20)8-24-17(10)15(11-4-5-11)18(25)22-19(24)26/h8,11-12,14,21H,2-7,9H2,1H3,(H,22,25,26). The van der Waals surface area contributed by atoms with Crippen LogP contribution in [0.2, 0.25) is 0 Å². The maximum atomic E-state index is 15.0. The second-order valence-electron chi connectivity index (χ2n) is 7.98. The largest absolute Gasteiger partial charge is 0.367 e. The molecule has 26 heavy (non-hydrogen) atoms. The summed E-state index contributed by atoms with van der Waals surface area (Å²) in [7, 11) is 0. The number of aryl methyl sites for hydroxylation is 1. The van der Waals surface area contributed by atoms with Crippen LogP contribution in [0, 0.1) is 18.7 Å². The molecule has 7 heteroatoms. The molecule has 2 atom stereocenters. The van der Waals surface area contributed by atoms with Crippen molar-refractivity contribution in [2.75, 3.05) is 24.5 Å². The van der Waals surface area contributed by atoms with Crippen molar-refractivity contribution in [3.8, 4) is 0 Å². The van der Waals surface area contributed by atoms with E-state index in [0.717, 1.165) is 45.3 Å². The van der Waals surface area contributed by atoms with Crippen LogP contribution < -0.4 is 21.5 Å². The summed E-state index contributed by atoms with van der Waals surface area (Å²) in [5.41, 5.74) is 1.59. The molecular formula is C19H23FN4O2. The minimum atomic E-state index is -0.570. The number of halogens is 1. The molecule has 2 aromatic heterocycles. The third kappa shape index (κ3) is 2.33. The highest BCUT2D eigenvalue weighted by atomic mass is 19.1. The molecule has 0 amide bonds. The first-order valence-electron chi connectivity index (χ1n) is 9.50. The van der Waals surface area contributed by atoms with E-state index in [9.17, 15) is 9.59 Å². The Bertz CT molecular complexity index is 993. The number of anilines is 1. The molecule has 3 fully saturated rings. The van der Waals surface area contributed by atoms with E-state index in [2.05, 4.69) is 15.2 Å². The number of pyridine rings is 1. The smallest absolute Gasteiger partial charge is 0.333 e. The summed E-state index contributed by atoms with van der Waals surface area (Å²) in [6, 6.07) is 0.392. The highest BCUT2D eigenvalue weighted by molar-refractivity contribution is 5.72. The molecule has 5 rings (SSSR count). The molecule has 2 saturated heterocycles. The van der Waals surface area contributed by atoms with Crippen LogP contribution in [0.15, 0.2) is 15.8 Å². The van der Waals surface area contributed by atoms with E-state index in [1.54, 1.807) is 0 Å². The Balaban J connectivity index is 1.70. The number of nitrogens with zero attached hydrogens (tertiary/aromatic N) is 2. The number of piperidine rings is 1. The summed E-state index contributed by atoms with van der Waals surface area (Å²) >= 11 is 0. The first kappa shape index (κ1) is 16.1. The number of fused-ring (bicyclic) bond motifs is 2. The summed E-state index contributed by atoms with van der Waals surface area (Å²) < 4.78 is 16.3. The fraction of sp³-hybridized carbons (Fsp3) is 0.579. The molecule has 0 radical (unpaired) electrons. The summed E-state index contributed by atoms with van der Waals surface area (Å²) in [6.45, 7) is 4.45. The zero-order valence-corrected chi connectivity index (χ0v) is 14.8. The van der Waals surface area contributed by atoms with Crippen LogP contribution in [-0.2, 0) is 0 Å². The molecule has 2 aromatic rings. The lowest BCUT2D eigenvalue weighted by Crippen LogP contribution is -2.40. The number of H-pyrrole nitrogens is 1. The van der Waals surface area contributed by atoms with Crippen molar-refractivity contribution < 1.29 is 4.39 Å². The van der Waals surface area contributed by atoms with Crippen LogP contribution in [0.5, 0.6) is 0 Å². The van der Waals surface area contributed by atoms with Gasteiger partial charge in [-0.3, -0.25) is 14.2 Å². The van der Waals surface area contributed by atoms with Gasteiger partial charge in [-0.1, -0.05) is 0 Å². The lowest BCUT2D eigenvalue weighted by Gasteiger charge is -2.24. The first-order valence-corrected chi connectivity index (χ1v) is 9.50. The van der Waals surface area contributed by atoms with Gasteiger partial charge in [-0.2, -0.15) is 0 Å². The van der Waals surface area contributed by atoms with Gasteiger partial charge in [0.25, 0.3) is 5.56 Å². The summed E-state index contributed by atoms with van der Waals surface area (Å²) in [5, 5.41) is 3.54. The molecule has 2 aliphatic heterocycles. The maximum Gasteiger partial charge on any atom is 0.333 e. The topological polar surface area (TPSA) is 69.6 Å². The van der Waals surface area contributed by atoms with Gasteiger partial charge < -0.3 is 10.2 Å². The van der Waals surface area contributed by atoms with Crippen molar-refractivity contribution in [2.45, 2.75) is 44.6 Å². The van der Waals surface area contributed by atoms with Gasteiger partial charge in [-0.05, 0) is 51.0 Å². The van der Waals surface area contributed by atoms with E-state index in [1.165, 1.54) is 10.6 Å². The Morgan fingerprint density at radius 1 is 1.19 bits per heavy atom. The van der Waals surface area contributed by atoms with Crippen LogP contribution in [0.4, 0.5) is 10.1 Å². The van der Waals surface area contributed by atoms with E-state index < -0.39 is 11.5 Å². The van der Waals surface area contributed by atoms with Crippen molar-refractivity contribution in [2.24, 2.45) is 5.92 Å². The number of nitrogens with one attached hydrogen (secondary N) is 2. The Labute approximate surface area is 150 Å². The van der Waals surface area contributed by atoms with Crippen LogP contribution in [0.3, 0.4) is 0 Å². The van der Waals surface area contributed by atoms with Gasteiger partial charge >= 0.3 is 5.69 Å². The fourth-order valence-electron chi connectivity index (χ4n) is 4.90. The number of hydrogen-bond donors (Lipinski definition) is 2. The van der Waals surface area contributed by atoms with Crippen LogP contribution in [0.25, 0.3) is 5.52 Å². The van der Waals surface area contributed by atoms with Crippen molar-refractivity contribution in [3.63, 3.8) is 0 Å². The predicted octanol–water partition coefficient (Wildman–Crippen LogP) is 1.50. The van der Waals surface area contributed by atoms with Crippen molar-refractivity contribution in [3.05, 3.63) is 44.0 Å². The van der Waals surface area contributed by atoms with Gasteiger partial charge in [0, 0.05) is 30.3 Å². The predicted molar refractivity (Wildman–Crippen MR) is 97.7 cm³/mol. The Kier molecular flexibility index (Phi) is 3.50. The molecule has 2 unspecified atom stereocenters. The molecule has 0 bridgehead atoms. The second-order valence-corrected chi connectivity index (χ2v) is 7.98. The lowest BCUT2D eigenvalue weighted by molar-refractivity contribution is 0.340. The van der Waals surface area contributed by atoms with E-state index in [4.69, 9.17) is 0 Å². The zero-order chi connectivity index (χ0) is 18.0. The molecule has 1 aliphatic carbocycles. The Morgan fingerprint density at radius 2 is 2.00 bits per heavy atom. The average Bonchev–Trinajstić information content (AvgIpc) is 3.34. The van der Waals surface area contributed by atoms with Gasteiger partial charge in [0.15, 0.2) is 5.82 Å². The molecule has 2 N–H and O–H groups in total. The van der Waals surface area contributed by atoms with Crippen molar-refractivity contribution in [1.82, 2.24) is 14.7 Å². The highest BCUT2D eigenvalue weighted by Crippen LogP contribution is 2.42. The normalized spacial score (nSPS) is 25.7. The van der Waals surface area contributed by atoms with E-state index in [-0.39, 0.29) is 11.5 Å². The van der Waals surface area contributed by atoms with Gasteiger partial charge in [-0.15, -0.1) is 0 Å². The Morgan fingerprint density at radius 3 is 2.73 bits per heavy atom. The number of rotatable bonds is 2. The number of aromatic amines is 1. The van der Waals surface area contributed by atoms with E-state index >= 15 is 4.39 Å². The minimum Gasteiger partial charge on any atom is -0.367 e. The summed E-state index contributed by atoms with van der Waals surface area (Å²) in [5.74, 6) is 0.307. The third-order valence-corrected chi connectivity index (χ3v) is 6.26. The average molecular weight is 358 g/mol. The van der Waals surface area contributed by atoms with Gasteiger partial charge in [-0.25, -0.2) is 9.18 Å². The first-order chi connectivity index (χ1) is 12.5. The van der Waals surface area contributed by atoms with Crippen LogP contribution >= 0.6 is 0 Å². The van der Waals surface area contributed by atoms with E-state index in [1.807, 2.05) is 6.92 Å². The van der Waals surface area contributed by atoms with Gasteiger partial charge in [0.1, 0.15) is 0 Å². The molecule has 0 spiro atoms. The summed E-state index contributed by atoms with van der Waals surface area (Å²) in [4.78, 5) is 29.1. The minimum absolute atomic E-state index is 0.175. The van der Waals surface area contributed by atoms with Crippen molar-refractivity contribution >= 4 is 11.2 Å². The van der Waals surface area contributed by atoms with Gasteiger partial charge in [0.05, 0.1) is 17.4 Å². The fourth-order valence-corrected chi connectivity index (χ4v) is 4.90. The molecular weight excluding hydrogens is 335 g/mol. The Hall–Kier alpha value is -2.15. The SMILES string of the molecule is Cc1c(N2CC3CCCNC3C2)c(F)cn2c(=O)[nH]c(=O)c(C3CC3)c12. The van der Waals surface area contributed by atoms with Gasteiger partial charge in [0.2, 0.25) is 0 Å². The van der Waals surface area contributed by atoms with Crippen LogP contribution in [0.1, 0.15) is 42.7 Å². The quantitative estimate of drug-likeness (QED) is 0.854. The molecule has 3 aliphatic rings. The van der Waals surface area contributed by atoms with Crippen LogP contribution in [-0.4, -0.2) is 35.1 Å². The highest BCUT2D eigenvalue weighted by Gasteiger charge is 2.37. The summed E-state index contributed by atoms with van der Waals surface area (Å²) in [6.07, 6.45) is 5.46. The number of hydrogen-bond acceptors (Lipinski definition) is 4. The molecule has 1 saturated carbocycles. The second kappa shape index (κ2) is 5.67. The molecule has 0 aromatic carbocycles.